The van der Waals surface area contributed by atoms with Gasteiger partial charge in [0.1, 0.15) is 0 Å². The first kappa shape index (κ1) is 17.5. The molecule has 4 rings (SSSR count). The van der Waals surface area contributed by atoms with Gasteiger partial charge in [-0.25, -0.2) is 0 Å². The van der Waals surface area contributed by atoms with Gasteiger partial charge >= 0.3 is 0 Å². The maximum Gasteiger partial charge on any atom is 0.228 e. The number of amides is 1. The maximum atomic E-state index is 13.1. The first-order valence-electron chi connectivity index (χ1n) is 9.51. The summed E-state index contributed by atoms with van der Waals surface area (Å²) >= 11 is 0. The predicted molar refractivity (Wildman–Crippen MR) is 111 cm³/mol. The summed E-state index contributed by atoms with van der Waals surface area (Å²) in [7, 11) is 0. The van der Waals surface area contributed by atoms with Crippen molar-refractivity contribution < 1.29 is 4.79 Å². The fraction of sp³-hybridized carbons (Fsp3) is 0.240. The summed E-state index contributed by atoms with van der Waals surface area (Å²) in [6.45, 7) is 6.23. The van der Waals surface area contributed by atoms with E-state index in [1.807, 2.05) is 31.2 Å². The van der Waals surface area contributed by atoms with Crippen LogP contribution >= 0.6 is 0 Å². The summed E-state index contributed by atoms with van der Waals surface area (Å²) in [5.41, 5.74) is 6.71. The Hall–Kier alpha value is -2.87. The maximum absolute atomic E-state index is 13.1. The van der Waals surface area contributed by atoms with Crippen LogP contribution < -0.4 is 5.32 Å². The fourth-order valence-corrected chi connectivity index (χ4v) is 4.04. The Bertz CT molecular complexity index is 924. The largest absolute Gasteiger partial charge is 0.326 e. The van der Waals surface area contributed by atoms with Gasteiger partial charge in [-0.3, -0.25) is 4.79 Å². The lowest BCUT2D eigenvalue weighted by atomic mass is 9.85. The number of nitrogens with one attached hydrogen (secondary N) is 1. The van der Waals surface area contributed by atoms with Crippen molar-refractivity contribution in [1.82, 2.24) is 0 Å². The van der Waals surface area contributed by atoms with Crippen LogP contribution in [0.4, 0.5) is 5.69 Å². The third-order valence-corrected chi connectivity index (χ3v) is 5.70. The molecular formula is C25H25NO. The minimum absolute atomic E-state index is 0.0524. The van der Waals surface area contributed by atoms with Crippen molar-refractivity contribution in [2.75, 3.05) is 5.32 Å². The highest BCUT2D eigenvalue weighted by Crippen LogP contribution is 2.59. The van der Waals surface area contributed by atoms with Gasteiger partial charge in [0.25, 0.3) is 0 Å². The Morgan fingerprint density at radius 1 is 0.815 bits per heavy atom. The zero-order chi connectivity index (χ0) is 19.0. The van der Waals surface area contributed by atoms with Gasteiger partial charge in [-0.1, -0.05) is 71.8 Å². The zero-order valence-electron chi connectivity index (χ0n) is 16.1. The van der Waals surface area contributed by atoms with Crippen LogP contribution in [-0.2, 0) is 10.2 Å². The van der Waals surface area contributed by atoms with E-state index in [9.17, 15) is 4.79 Å². The molecule has 0 heterocycles. The second-order valence-electron chi connectivity index (χ2n) is 7.82. The minimum atomic E-state index is -0.227. The monoisotopic (exact) mass is 355 g/mol. The standard InChI is InChI=1S/C25H25NO/c1-17-7-11-20(12-8-17)25(21-13-9-18(2)10-14-21)16-23(25)24(27)26-22-6-4-5-19(3)15-22/h4-15,23H,16H2,1-3H3,(H,26,27)/t23-/m1/s1. The van der Waals surface area contributed by atoms with Crippen molar-refractivity contribution in [2.45, 2.75) is 32.6 Å². The summed E-state index contributed by atoms with van der Waals surface area (Å²) < 4.78 is 0. The topological polar surface area (TPSA) is 29.1 Å². The zero-order valence-corrected chi connectivity index (χ0v) is 16.1. The summed E-state index contributed by atoms with van der Waals surface area (Å²) in [6.07, 6.45) is 0.844. The first-order valence-corrected chi connectivity index (χ1v) is 9.51. The van der Waals surface area contributed by atoms with Crippen molar-refractivity contribution in [2.24, 2.45) is 5.92 Å². The summed E-state index contributed by atoms with van der Waals surface area (Å²) in [4.78, 5) is 13.1. The average molecular weight is 355 g/mol. The summed E-state index contributed by atoms with van der Waals surface area (Å²) in [6, 6.07) is 25.2. The van der Waals surface area contributed by atoms with Crippen LogP contribution in [0, 0.1) is 26.7 Å². The summed E-state index contributed by atoms with van der Waals surface area (Å²) in [5, 5.41) is 3.12. The molecule has 3 aromatic rings. The first-order chi connectivity index (χ1) is 13.0. The SMILES string of the molecule is Cc1ccc(C2(c3ccc(C)cc3)C[C@@H]2C(=O)Nc2cccc(C)c2)cc1. The van der Waals surface area contributed by atoms with Crippen LogP contribution in [0.1, 0.15) is 34.2 Å². The van der Waals surface area contributed by atoms with E-state index < -0.39 is 0 Å². The van der Waals surface area contributed by atoms with Crippen molar-refractivity contribution in [1.29, 1.82) is 0 Å². The van der Waals surface area contributed by atoms with E-state index in [2.05, 4.69) is 67.7 Å². The number of hydrogen-bond acceptors (Lipinski definition) is 1. The molecule has 2 heteroatoms. The van der Waals surface area contributed by atoms with Crippen molar-refractivity contribution in [3.63, 3.8) is 0 Å². The molecule has 27 heavy (non-hydrogen) atoms. The van der Waals surface area contributed by atoms with Gasteiger partial charge in [-0.2, -0.15) is 0 Å². The number of rotatable bonds is 4. The number of aryl methyl sites for hydroxylation is 3. The molecule has 1 fully saturated rings. The molecule has 1 aliphatic carbocycles. The van der Waals surface area contributed by atoms with E-state index in [0.717, 1.165) is 17.7 Å². The summed E-state index contributed by atoms with van der Waals surface area (Å²) in [5.74, 6) is 0.0465. The molecule has 0 aliphatic heterocycles. The smallest absolute Gasteiger partial charge is 0.228 e. The van der Waals surface area contributed by atoms with Crippen molar-refractivity contribution in [3.05, 3.63) is 101 Å². The Kier molecular flexibility index (Phi) is 4.35. The molecule has 1 atom stereocenters. The predicted octanol–water partition coefficient (Wildman–Crippen LogP) is 5.56. The van der Waals surface area contributed by atoms with Gasteiger partial charge in [-0.05, 0) is 56.0 Å². The van der Waals surface area contributed by atoms with Crippen LogP contribution in [0.2, 0.25) is 0 Å². The molecule has 136 valence electrons. The van der Waals surface area contributed by atoms with E-state index in [1.54, 1.807) is 0 Å². The molecule has 0 bridgehead atoms. The molecule has 1 amide bonds. The van der Waals surface area contributed by atoms with Gasteiger partial charge in [0, 0.05) is 11.1 Å². The van der Waals surface area contributed by atoms with Crippen LogP contribution in [-0.4, -0.2) is 5.91 Å². The highest BCUT2D eigenvalue weighted by atomic mass is 16.2. The van der Waals surface area contributed by atoms with Crippen LogP contribution in [0.5, 0.6) is 0 Å². The van der Waals surface area contributed by atoms with Crippen LogP contribution in [0.3, 0.4) is 0 Å². The number of carbonyl (C=O) groups excluding carboxylic acids is 1. The second-order valence-corrected chi connectivity index (χ2v) is 7.82. The molecule has 0 unspecified atom stereocenters. The lowest BCUT2D eigenvalue weighted by molar-refractivity contribution is -0.117. The van der Waals surface area contributed by atoms with Gasteiger partial charge < -0.3 is 5.32 Å². The molecule has 1 aliphatic rings. The Labute approximate surface area is 161 Å². The van der Waals surface area contributed by atoms with Gasteiger partial charge in [0.2, 0.25) is 5.91 Å². The molecule has 1 N–H and O–H groups in total. The van der Waals surface area contributed by atoms with Gasteiger partial charge in [0.15, 0.2) is 0 Å². The van der Waals surface area contributed by atoms with E-state index in [4.69, 9.17) is 0 Å². The van der Waals surface area contributed by atoms with E-state index >= 15 is 0 Å². The molecule has 0 saturated heterocycles. The van der Waals surface area contributed by atoms with Gasteiger partial charge in [0.05, 0.1) is 5.92 Å². The van der Waals surface area contributed by atoms with Crippen molar-refractivity contribution in [3.8, 4) is 0 Å². The van der Waals surface area contributed by atoms with Crippen LogP contribution in [0.25, 0.3) is 0 Å². The minimum Gasteiger partial charge on any atom is -0.326 e. The Morgan fingerprint density at radius 3 is 1.89 bits per heavy atom. The molecule has 0 aromatic heterocycles. The number of anilines is 1. The number of hydrogen-bond donors (Lipinski definition) is 1. The van der Waals surface area contributed by atoms with Crippen molar-refractivity contribution >= 4 is 11.6 Å². The highest BCUT2D eigenvalue weighted by molar-refractivity contribution is 5.97. The average Bonchev–Trinajstić information content (AvgIpc) is 3.40. The molecule has 1 saturated carbocycles. The Morgan fingerprint density at radius 2 is 1.37 bits per heavy atom. The molecule has 0 spiro atoms. The molecular weight excluding hydrogens is 330 g/mol. The van der Waals surface area contributed by atoms with E-state index in [0.29, 0.717) is 0 Å². The lowest BCUT2D eigenvalue weighted by Crippen LogP contribution is -2.22. The quantitative estimate of drug-likeness (QED) is 0.652. The van der Waals surface area contributed by atoms with E-state index in [-0.39, 0.29) is 17.2 Å². The number of benzene rings is 3. The molecule has 0 radical (unpaired) electrons. The van der Waals surface area contributed by atoms with Crippen LogP contribution in [0.15, 0.2) is 72.8 Å². The third-order valence-electron chi connectivity index (χ3n) is 5.70. The highest BCUT2D eigenvalue weighted by Gasteiger charge is 2.60. The molecule has 3 aromatic carbocycles. The number of carbonyl (C=O) groups is 1. The Balaban J connectivity index is 1.67. The second kappa shape index (κ2) is 6.70. The van der Waals surface area contributed by atoms with Gasteiger partial charge in [-0.15, -0.1) is 0 Å². The van der Waals surface area contributed by atoms with E-state index in [1.165, 1.54) is 22.3 Å². The normalized spacial score (nSPS) is 17.4. The lowest BCUT2D eigenvalue weighted by Gasteiger charge is -2.19. The molecule has 2 nitrogen and oxygen atoms in total. The third kappa shape index (κ3) is 3.28. The fourth-order valence-electron chi connectivity index (χ4n) is 4.04.